The third kappa shape index (κ3) is 4.55. The van der Waals surface area contributed by atoms with Crippen molar-refractivity contribution in [1.29, 1.82) is 0 Å². The van der Waals surface area contributed by atoms with Crippen molar-refractivity contribution in [3.8, 4) is 0 Å². The fourth-order valence-electron chi connectivity index (χ4n) is 2.93. The summed E-state index contributed by atoms with van der Waals surface area (Å²) in [5.74, 6) is 0.323. The molecule has 2 unspecified atom stereocenters. The van der Waals surface area contributed by atoms with Crippen LogP contribution in [-0.2, 0) is 11.3 Å². The van der Waals surface area contributed by atoms with E-state index in [4.69, 9.17) is 5.73 Å². The summed E-state index contributed by atoms with van der Waals surface area (Å²) in [6.07, 6.45) is 1.02. The Hall–Kier alpha value is -1.39. The molecule has 3 N–H and O–H groups in total. The molecule has 0 saturated carbocycles. The Labute approximate surface area is 127 Å². The number of nitrogens with one attached hydrogen (secondary N) is 1. The van der Waals surface area contributed by atoms with Crippen LogP contribution in [0.25, 0.3) is 0 Å². The van der Waals surface area contributed by atoms with Gasteiger partial charge in [-0.15, -0.1) is 0 Å². The number of hydrogen-bond donors (Lipinski definition) is 2. The van der Waals surface area contributed by atoms with E-state index in [0.717, 1.165) is 26.1 Å². The molecule has 0 radical (unpaired) electrons. The van der Waals surface area contributed by atoms with E-state index in [0.29, 0.717) is 6.54 Å². The number of likely N-dealkylation sites (tertiary alicyclic amines) is 1. The van der Waals surface area contributed by atoms with E-state index in [1.54, 1.807) is 0 Å². The van der Waals surface area contributed by atoms with Crippen LogP contribution in [-0.4, -0.2) is 36.5 Å². The Kier molecular flexibility index (Phi) is 5.76. The van der Waals surface area contributed by atoms with Crippen molar-refractivity contribution in [3.05, 3.63) is 35.9 Å². The maximum Gasteiger partial charge on any atom is 0.224 e. The largest absolute Gasteiger partial charge is 0.352 e. The van der Waals surface area contributed by atoms with Gasteiger partial charge in [0.1, 0.15) is 0 Å². The molecule has 1 aliphatic heterocycles. The predicted molar refractivity (Wildman–Crippen MR) is 85.6 cm³/mol. The SMILES string of the molecule is CC(C)C(CN)C(=O)NC1CCN(Cc2ccccc2)C1. The molecule has 1 aromatic carbocycles. The maximum absolute atomic E-state index is 12.2. The number of rotatable bonds is 6. The molecule has 0 bridgehead atoms. The molecule has 1 fully saturated rings. The first-order chi connectivity index (χ1) is 10.1. The molecule has 4 heteroatoms. The van der Waals surface area contributed by atoms with Crippen LogP contribution in [0, 0.1) is 11.8 Å². The third-order valence-corrected chi connectivity index (χ3v) is 4.26. The topological polar surface area (TPSA) is 58.4 Å². The van der Waals surface area contributed by atoms with Gasteiger partial charge in [0.25, 0.3) is 0 Å². The van der Waals surface area contributed by atoms with Gasteiger partial charge in [-0.05, 0) is 17.9 Å². The summed E-state index contributed by atoms with van der Waals surface area (Å²) in [7, 11) is 0. The van der Waals surface area contributed by atoms with E-state index in [1.165, 1.54) is 5.56 Å². The molecular formula is C17H27N3O. The van der Waals surface area contributed by atoms with Gasteiger partial charge >= 0.3 is 0 Å². The van der Waals surface area contributed by atoms with Crippen LogP contribution in [0.1, 0.15) is 25.8 Å². The van der Waals surface area contributed by atoms with Crippen LogP contribution < -0.4 is 11.1 Å². The Balaban J connectivity index is 1.81. The number of amides is 1. The van der Waals surface area contributed by atoms with Crippen LogP contribution in [0.3, 0.4) is 0 Å². The highest BCUT2D eigenvalue weighted by molar-refractivity contribution is 5.79. The lowest BCUT2D eigenvalue weighted by molar-refractivity contribution is -0.126. The van der Waals surface area contributed by atoms with Crippen molar-refractivity contribution in [2.75, 3.05) is 19.6 Å². The second kappa shape index (κ2) is 7.57. The van der Waals surface area contributed by atoms with E-state index in [9.17, 15) is 4.79 Å². The van der Waals surface area contributed by atoms with E-state index in [1.807, 2.05) is 19.9 Å². The van der Waals surface area contributed by atoms with Crippen molar-refractivity contribution < 1.29 is 4.79 Å². The molecular weight excluding hydrogens is 262 g/mol. The lowest BCUT2D eigenvalue weighted by atomic mass is 9.95. The fourth-order valence-corrected chi connectivity index (χ4v) is 2.93. The zero-order valence-corrected chi connectivity index (χ0v) is 13.1. The van der Waals surface area contributed by atoms with Crippen LogP contribution in [0.2, 0.25) is 0 Å². The van der Waals surface area contributed by atoms with Gasteiger partial charge in [-0.1, -0.05) is 44.2 Å². The molecule has 1 aliphatic rings. The number of nitrogens with zero attached hydrogens (tertiary/aromatic N) is 1. The molecule has 1 aromatic rings. The first-order valence-electron chi connectivity index (χ1n) is 7.87. The van der Waals surface area contributed by atoms with Gasteiger partial charge < -0.3 is 11.1 Å². The summed E-state index contributed by atoms with van der Waals surface area (Å²) >= 11 is 0. The average Bonchev–Trinajstić information content (AvgIpc) is 2.87. The molecule has 0 aliphatic carbocycles. The maximum atomic E-state index is 12.2. The predicted octanol–water partition coefficient (Wildman–Crippen LogP) is 1.61. The van der Waals surface area contributed by atoms with Crippen molar-refractivity contribution in [2.24, 2.45) is 17.6 Å². The fraction of sp³-hybridized carbons (Fsp3) is 0.588. The Bertz CT molecular complexity index is 447. The van der Waals surface area contributed by atoms with Gasteiger partial charge in [-0.3, -0.25) is 9.69 Å². The summed E-state index contributed by atoms with van der Waals surface area (Å²) in [4.78, 5) is 14.6. The van der Waals surface area contributed by atoms with Gasteiger partial charge in [0.2, 0.25) is 5.91 Å². The normalized spacial score (nSPS) is 20.7. The molecule has 0 spiro atoms. The van der Waals surface area contributed by atoms with Gasteiger partial charge in [-0.2, -0.15) is 0 Å². The first-order valence-corrected chi connectivity index (χ1v) is 7.87. The van der Waals surface area contributed by atoms with Crippen molar-refractivity contribution in [2.45, 2.75) is 32.9 Å². The summed E-state index contributed by atoms with van der Waals surface area (Å²) in [6, 6.07) is 10.7. The zero-order chi connectivity index (χ0) is 15.2. The summed E-state index contributed by atoms with van der Waals surface area (Å²) in [5, 5.41) is 3.17. The first kappa shape index (κ1) is 16.0. The number of nitrogens with two attached hydrogens (primary N) is 1. The summed E-state index contributed by atoms with van der Waals surface area (Å²) in [6.45, 7) is 7.44. The summed E-state index contributed by atoms with van der Waals surface area (Å²) in [5.41, 5.74) is 7.03. The Morgan fingerprint density at radius 1 is 1.38 bits per heavy atom. The average molecular weight is 289 g/mol. The quantitative estimate of drug-likeness (QED) is 0.836. The number of carbonyl (C=O) groups is 1. The zero-order valence-electron chi connectivity index (χ0n) is 13.1. The van der Waals surface area contributed by atoms with Crippen molar-refractivity contribution >= 4 is 5.91 Å². The lowest BCUT2D eigenvalue weighted by Gasteiger charge is -2.22. The molecule has 4 nitrogen and oxygen atoms in total. The molecule has 2 atom stereocenters. The smallest absolute Gasteiger partial charge is 0.224 e. The van der Waals surface area contributed by atoms with Crippen LogP contribution in [0.15, 0.2) is 30.3 Å². The van der Waals surface area contributed by atoms with Gasteiger partial charge in [0, 0.05) is 32.2 Å². The highest BCUT2D eigenvalue weighted by Crippen LogP contribution is 2.15. The lowest BCUT2D eigenvalue weighted by Crippen LogP contribution is -2.44. The standard InChI is InChI=1S/C17H27N3O/c1-13(2)16(10-18)17(21)19-15-8-9-20(12-15)11-14-6-4-3-5-7-14/h3-7,13,15-16H,8-12,18H2,1-2H3,(H,19,21). The van der Waals surface area contributed by atoms with Crippen LogP contribution in [0.4, 0.5) is 0 Å². The Morgan fingerprint density at radius 2 is 2.10 bits per heavy atom. The van der Waals surface area contributed by atoms with E-state index >= 15 is 0 Å². The Morgan fingerprint density at radius 3 is 2.71 bits per heavy atom. The molecule has 21 heavy (non-hydrogen) atoms. The minimum Gasteiger partial charge on any atom is -0.352 e. The molecule has 1 heterocycles. The molecule has 116 valence electrons. The minimum absolute atomic E-state index is 0.0758. The van der Waals surface area contributed by atoms with E-state index in [2.05, 4.69) is 34.5 Å². The van der Waals surface area contributed by atoms with Crippen molar-refractivity contribution in [1.82, 2.24) is 10.2 Å². The second-order valence-corrected chi connectivity index (χ2v) is 6.30. The molecule has 2 rings (SSSR count). The number of benzene rings is 1. The third-order valence-electron chi connectivity index (χ3n) is 4.26. The van der Waals surface area contributed by atoms with Gasteiger partial charge in [0.15, 0.2) is 0 Å². The number of carbonyl (C=O) groups excluding carboxylic acids is 1. The second-order valence-electron chi connectivity index (χ2n) is 6.30. The molecule has 1 amide bonds. The van der Waals surface area contributed by atoms with E-state index in [-0.39, 0.29) is 23.8 Å². The highest BCUT2D eigenvalue weighted by atomic mass is 16.2. The minimum atomic E-state index is -0.0758. The van der Waals surface area contributed by atoms with Gasteiger partial charge in [-0.25, -0.2) is 0 Å². The summed E-state index contributed by atoms with van der Waals surface area (Å²) < 4.78 is 0. The monoisotopic (exact) mass is 289 g/mol. The molecule has 0 aromatic heterocycles. The van der Waals surface area contributed by atoms with Gasteiger partial charge in [0.05, 0.1) is 5.92 Å². The number of hydrogen-bond acceptors (Lipinski definition) is 3. The van der Waals surface area contributed by atoms with Crippen molar-refractivity contribution in [3.63, 3.8) is 0 Å². The molecule has 1 saturated heterocycles. The highest BCUT2D eigenvalue weighted by Gasteiger charge is 2.27. The van der Waals surface area contributed by atoms with Crippen LogP contribution in [0.5, 0.6) is 0 Å². The van der Waals surface area contributed by atoms with E-state index < -0.39 is 0 Å². The van der Waals surface area contributed by atoms with Crippen LogP contribution >= 0.6 is 0 Å².